The average molecular weight is 586 g/mol. The first-order valence-corrected chi connectivity index (χ1v) is 13.1. The van der Waals surface area contributed by atoms with Crippen LogP contribution in [0.2, 0.25) is 10.0 Å². The fourth-order valence-electron chi connectivity index (χ4n) is 3.24. The summed E-state index contributed by atoms with van der Waals surface area (Å²) in [5.74, 6) is -0.421. The number of carboxylic acids is 1. The van der Waals surface area contributed by atoms with Gasteiger partial charge in [-0.1, -0.05) is 29.3 Å². The van der Waals surface area contributed by atoms with E-state index in [1.807, 2.05) is 18.2 Å². The van der Waals surface area contributed by atoms with Crippen LogP contribution in [0.1, 0.15) is 28.8 Å². The van der Waals surface area contributed by atoms with Crippen LogP contribution >= 0.6 is 46.1 Å². The third-order valence-corrected chi connectivity index (χ3v) is 6.67. The van der Waals surface area contributed by atoms with Gasteiger partial charge in [0.15, 0.2) is 16.6 Å². The van der Waals surface area contributed by atoms with E-state index in [4.69, 9.17) is 54.1 Å². The average Bonchev–Trinajstić information content (AvgIpc) is 3.34. The van der Waals surface area contributed by atoms with Gasteiger partial charge in [0.05, 0.1) is 36.6 Å². The van der Waals surface area contributed by atoms with Crippen LogP contribution in [-0.4, -0.2) is 48.7 Å². The van der Waals surface area contributed by atoms with E-state index in [1.165, 1.54) is 36.7 Å². The van der Waals surface area contributed by atoms with Gasteiger partial charge in [0.2, 0.25) is 5.76 Å². The molecule has 8 nitrogen and oxygen atoms in total. The molecule has 0 spiro atoms. The van der Waals surface area contributed by atoms with Crippen LogP contribution in [0.5, 0.6) is 11.5 Å². The molecule has 2 N–H and O–H groups in total. The summed E-state index contributed by atoms with van der Waals surface area (Å²) in [6.45, 7) is 0.508. The molecule has 0 saturated carbocycles. The smallest absolute Gasteiger partial charge is 0.371 e. The van der Waals surface area contributed by atoms with E-state index in [9.17, 15) is 9.59 Å². The van der Waals surface area contributed by atoms with Crippen LogP contribution < -0.4 is 14.8 Å². The van der Waals surface area contributed by atoms with Gasteiger partial charge in [-0.2, -0.15) is 0 Å². The molecule has 0 aliphatic heterocycles. The molecule has 0 unspecified atom stereocenters. The minimum absolute atomic E-state index is 0.0841. The van der Waals surface area contributed by atoms with Gasteiger partial charge in [-0.05, 0) is 43.2 Å². The van der Waals surface area contributed by atoms with Crippen molar-refractivity contribution in [1.82, 2.24) is 4.98 Å². The second-order valence-electron chi connectivity index (χ2n) is 7.44. The van der Waals surface area contributed by atoms with E-state index in [1.54, 1.807) is 12.5 Å². The molecule has 3 aromatic rings. The molecule has 12 heteroatoms. The number of halogens is 3. The van der Waals surface area contributed by atoms with Gasteiger partial charge >= 0.3 is 5.97 Å². The van der Waals surface area contributed by atoms with E-state index in [-0.39, 0.29) is 26.9 Å². The van der Waals surface area contributed by atoms with Gasteiger partial charge < -0.3 is 19.3 Å². The lowest BCUT2D eigenvalue weighted by atomic mass is 10.1. The van der Waals surface area contributed by atoms with Gasteiger partial charge in [0.25, 0.3) is 5.91 Å². The maximum Gasteiger partial charge on any atom is 0.371 e. The molecule has 0 bridgehead atoms. The molecule has 0 fully saturated rings. The second kappa shape index (κ2) is 13.5. The van der Waals surface area contributed by atoms with E-state index in [2.05, 4.69) is 10.3 Å². The summed E-state index contributed by atoms with van der Waals surface area (Å²) in [6, 6.07) is 8.27. The number of nitrogens with zero attached hydrogens (tertiary/aromatic N) is 1. The number of carboxylic acid groups (broad SMARTS) is 1. The van der Waals surface area contributed by atoms with Gasteiger partial charge in [-0.3, -0.25) is 10.1 Å². The summed E-state index contributed by atoms with van der Waals surface area (Å²) in [5.41, 5.74) is 1.69. The van der Waals surface area contributed by atoms with E-state index < -0.39 is 11.9 Å². The number of rotatable bonds is 12. The van der Waals surface area contributed by atoms with Gasteiger partial charge in [-0.15, -0.1) is 22.9 Å². The standard InChI is InChI=1S/C25H23Cl3N2O6S/c1-34-21(24(32)33)12-16-17(27)10-14(11-18(16)28)23(31)30-25-29-19(13-37-25)15-6-5-7-20(22(15)35-2)36-9-4-3-8-26/h5-7,10-13H,3-4,8-9H2,1-2H3,(H,32,33)(H,29,30,31). The highest BCUT2D eigenvalue weighted by Crippen LogP contribution is 2.39. The number of carbonyl (C=O) groups is 2. The third kappa shape index (κ3) is 7.29. The molecule has 196 valence electrons. The van der Waals surface area contributed by atoms with E-state index in [0.29, 0.717) is 40.4 Å². The topological polar surface area (TPSA) is 107 Å². The van der Waals surface area contributed by atoms with Crippen LogP contribution in [0.15, 0.2) is 41.5 Å². The van der Waals surface area contributed by atoms with Crippen LogP contribution in [0.25, 0.3) is 17.3 Å². The highest BCUT2D eigenvalue weighted by atomic mass is 35.5. The van der Waals surface area contributed by atoms with Crippen molar-refractivity contribution < 1.29 is 28.9 Å². The number of alkyl halides is 1. The zero-order chi connectivity index (χ0) is 26.9. The Bertz CT molecular complexity index is 1290. The van der Waals surface area contributed by atoms with Crippen molar-refractivity contribution in [3.8, 4) is 22.8 Å². The lowest BCUT2D eigenvalue weighted by molar-refractivity contribution is -0.135. The third-order valence-electron chi connectivity index (χ3n) is 5.02. The summed E-state index contributed by atoms with van der Waals surface area (Å²) >= 11 is 19.5. The molecule has 0 atom stereocenters. The largest absolute Gasteiger partial charge is 0.492 e. The predicted octanol–water partition coefficient (Wildman–Crippen LogP) is 6.85. The molecule has 1 amide bonds. The second-order valence-corrected chi connectivity index (χ2v) is 9.50. The number of hydrogen-bond donors (Lipinski definition) is 2. The number of anilines is 1. The number of methoxy groups -OCH3 is 2. The van der Waals surface area contributed by atoms with E-state index in [0.717, 1.165) is 12.8 Å². The molecule has 1 heterocycles. The maximum atomic E-state index is 12.9. The molecule has 0 aliphatic carbocycles. The highest BCUT2D eigenvalue weighted by molar-refractivity contribution is 7.14. The maximum absolute atomic E-state index is 12.9. The minimum Gasteiger partial charge on any atom is -0.492 e. The van der Waals surface area contributed by atoms with Crippen molar-refractivity contribution >= 4 is 69.2 Å². The number of nitrogens with one attached hydrogen (secondary N) is 1. The van der Waals surface area contributed by atoms with Gasteiger partial charge in [0.1, 0.15) is 0 Å². The van der Waals surface area contributed by atoms with Crippen molar-refractivity contribution in [2.24, 2.45) is 0 Å². The Morgan fingerprint density at radius 1 is 1.16 bits per heavy atom. The Labute approximate surface area is 232 Å². The number of aromatic nitrogens is 1. The van der Waals surface area contributed by atoms with Crippen LogP contribution in [0.3, 0.4) is 0 Å². The SMILES string of the molecule is COC(=Cc1c(Cl)cc(C(=O)Nc2nc(-c3cccc(OCCCCCl)c3OC)cs2)cc1Cl)C(=O)O. The van der Waals surface area contributed by atoms with Gasteiger partial charge in [-0.25, -0.2) is 9.78 Å². The summed E-state index contributed by atoms with van der Waals surface area (Å²) in [5, 5.41) is 14.2. The quantitative estimate of drug-likeness (QED) is 0.104. The Kier molecular flexibility index (Phi) is 10.5. The van der Waals surface area contributed by atoms with Crippen molar-refractivity contribution in [3.63, 3.8) is 0 Å². The predicted molar refractivity (Wildman–Crippen MR) is 147 cm³/mol. The first-order valence-electron chi connectivity index (χ1n) is 10.9. The highest BCUT2D eigenvalue weighted by Gasteiger charge is 2.18. The number of hydrogen-bond acceptors (Lipinski definition) is 7. The van der Waals surface area contributed by atoms with Crippen molar-refractivity contribution in [3.05, 3.63) is 62.6 Å². The fraction of sp³-hybridized carbons (Fsp3) is 0.240. The minimum atomic E-state index is -1.28. The molecular weight excluding hydrogens is 563 g/mol. The molecule has 0 saturated heterocycles. The number of carbonyl (C=O) groups excluding carboxylic acids is 1. The van der Waals surface area contributed by atoms with Crippen molar-refractivity contribution in [2.75, 3.05) is 32.0 Å². The molecule has 3 rings (SSSR count). The Balaban J connectivity index is 1.79. The fourth-order valence-corrected chi connectivity index (χ4v) is 4.73. The summed E-state index contributed by atoms with van der Waals surface area (Å²) in [6.07, 6.45) is 2.86. The van der Waals surface area contributed by atoms with E-state index >= 15 is 0 Å². The number of amides is 1. The Hall–Kier alpha value is -2.98. The zero-order valence-corrected chi connectivity index (χ0v) is 22.9. The van der Waals surface area contributed by atoms with Crippen molar-refractivity contribution in [2.45, 2.75) is 12.8 Å². The molecule has 0 aliphatic rings. The molecule has 1 aromatic heterocycles. The number of unbranched alkanes of at least 4 members (excludes halogenated alkanes) is 1. The first-order chi connectivity index (χ1) is 17.8. The number of thiazole rings is 1. The Morgan fingerprint density at radius 3 is 2.51 bits per heavy atom. The van der Waals surface area contributed by atoms with Crippen LogP contribution in [0, 0.1) is 0 Å². The van der Waals surface area contributed by atoms with Crippen LogP contribution in [0.4, 0.5) is 5.13 Å². The summed E-state index contributed by atoms with van der Waals surface area (Å²) < 4.78 is 16.2. The molecule has 37 heavy (non-hydrogen) atoms. The lowest BCUT2D eigenvalue weighted by Crippen LogP contribution is -2.12. The monoisotopic (exact) mass is 584 g/mol. The zero-order valence-electron chi connectivity index (χ0n) is 19.8. The molecular formula is C25H23Cl3N2O6S. The number of benzene rings is 2. The number of aliphatic carboxylic acids is 1. The first kappa shape index (κ1) is 28.6. The number of ether oxygens (including phenoxy) is 3. The normalized spacial score (nSPS) is 11.2. The lowest BCUT2D eigenvalue weighted by Gasteiger charge is -2.13. The van der Waals surface area contributed by atoms with Crippen molar-refractivity contribution in [1.29, 1.82) is 0 Å². The molecule has 2 aromatic carbocycles. The summed E-state index contributed by atoms with van der Waals surface area (Å²) in [4.78, 5) is 28.6. The molecule has 0 radical (unpaired) electrons. The number of para-hydroxylation sites is 1. The Morgan fingerprint density at radius 2 is 1.89 bits per heavy atom. The van der Waals surface area contributed by atoms with Gasteiger partial charge in [0, 0.05) is 28.0 Å². The summed E-state index contributed by atoms with van der Waals surface area (Å²) in [7, 11) is 2.77. The van der Waals surface area contributed by atoms with Crippen LogP contribution in [-0.2, 0) is 9.53 Å².